The summed E-state index contributed by atoms with van der Waals surface area (Å²) in [6.45, 7) is 0. The van der Waals surface area contributed by atoms with Crippen molar-refractivity contribution in [3.63, 3.8) is 0 Å². The van der Waals surface area contributed by atoms with E-state index < -0.39 is 12.0 Å². The van der Waals surface area contributed by atoms with Crippen molar-refractivity contribution in [3.8, 4) is 5.75 Å². The number of anilines is 2. The zero-order valence-corrected chi connectivity index (χ0v) is 19.8. The standard InChI is InChI=1S/C28H26N2O6/c1-35-19-10-8-17(9-11-19)28-27-21(15-18(16-23(27)31)24-7-4-14-36-24)29-20-5-2-3-6-22(20)30(28)25(32)12-13-26(33)34/h2-11,14,18,28-29H,12-13,15-16H2,1H3,(H,33,34)/t18-,28+/m0/s1. The third-order valence-electron chi connectivity index (χ3n) is 6.69. The van der Waals surface area contributed by atoms with E-state index in [9.17, 15) is 19.5 Å². The summed E-state index contributed by atoms with van der Waals surface area (Å²) in [5, 5.41) is 12.7. The molecule has 0 fully saturated rings. The smallest absolute Gasteiger partial charge is 0.303 e. The molecule has 36 heavy (non-hydrogen) atoms. The van der Waals surface area contributed by atoms with Crippen molar-refractivity contribution in [2.75, 3.05) is 17.3 Å². The molecule has 8 nitrogen and oxygen atoms in total. The molecule has 5 rings (SSSR count). The van der Waals surface area contributed by atoms with Crippen LogP contribution in [0.15, 0.2) is 82.6 Å². The normalized spacial score (nSPS) is 19.1. The number of hydrogen-bond donors (Lipinski definition) is 2. The summed E-state index contributed by atoms with van der Waals surface area (Å²) in [7, 11) is 1.57. The predicted molar refractivity (Wildman–Crippen MR) is 133 cm³/mol. The van der Waals surface area contributed by atoms with Gasteiger partial charge in [0.1, 0.15) is 11.5 Å². The van der Waals surface area contributed by atoms with Crippen molar-refractivity contribution < 1.29 is 28.6 Å². The molecule has 1 amide bonds. The van der Waals surface area contributed by atoms with E-state index >= 15 is 0 Å². The summed E-state index contributed by atoms with van der Waals surface area (Å²) in [6, 6.07) is 17.6. The van der Waals surface area contributed by atoms with Gasteiger partial charge in [-0.2, -0.15) is 0 Å². The maximum atomic E-state index is 13.8. The van der Waals surface area contributed by atoms with Crippen molar-refractivity contribution >= 4 is 29.0 Å². The first-order valence-electron chi connectivity index (χ1n) is 11.8. The number of methoxy groups -OCH3 is 1. The molecule has 2 aromatic carbocycles. The van der Waals surface area contributed by atoms with Crippen LogP contribution in [0.2, 0.25) is 0 Å². The van der Waals surface area contributed by atoms with Gasteiger partial charge in [0.2, 0.25) is 5.91 Å². The molecule has 184 valence electrons. The molecular formula is C28H26N2O6. The number of para-hydroxylation sites is 2. The van der Waals surface area contributed by atoms with Crippen molar-refractivity contribution in [2.24, 2.45) is 0 Å². The minimum atomic E-state index is -1.06. The molecule has 0 spiro atoms. The number of carbonyl (C=O) groups is 3. The number of fused-ring (bicyclic) bond motifs is 1. The molecule has 0 saturated heterocycles. The number of ketones is 1. The summed E-state index contributed by atoms with van der Waals surface area (Å²) >= 11 is 0. The number of carboxylic acid groups (broad SMARTS) is 1. The lowest BCUT2D eigenvalue weighted by Crippen LogP contribution is -2.38. The Labute approximate surface area is 208 Å². The lowest BCUT2D eigenvalue weighted by Gasteiger charge is -2.35. The quantitative estimate of drug-likeness (QED) is 0.502. The van der Waals surface area contributed by atoms with E-state index in [0.29, 0.717) is 29.1 Å². The van der Waals surface area contributed by atoms with Crippen LogP contribution in [0.25, 0.3) is 0 Å². The Bertz CT molecular complexity index is 1330. The minimum absolute atomic E-state index is 0.0881. The largest absolute Gasteiger partial charge is 0.497 e. The van der Waals surface area contributed by atoms with Gasteiger partial charge in [0, 0.05) is 30.0 Å². The van der Waals surface area contributed by atoms with Crippen LogP contribution >= 0.6 is 0 Å². The fourth-order valence-electron chi connectivity index (χ4n) is 5.03. The van der Waals surface area contributed by atoms with E-state index in [4.69, 9.17) is 9.15 Å². The van der Waals surface area contributed by atoms with Gasteiger partial charge in [-0.25, -0.2) is 0 Å². The Kier molecular flexibility index (Phi) is 6.33. The zero-order chi connectivity index (χ0) is 25.2. The maximum absolute atomic E-state index is 13.8. The summed E-state index contributed by atoms with van der Waals surface area (Å²) in [6.07, 6.45) is 1.88. The van der Waals surface area contributed by atoms with Gasteiger partial charge >= 0.3 is 5.97 Å². The highest BCUT2D eigenvalue weighted by molar-refractivity contribution is 6.06. The number of ether oxygens (including phenoxy) is 1. The Balaban J connectivity index is 1.68. The second-order valence-corrected chi connectivity index (χ2v) is 8.91. The van der Waals surface area contributed by atoms with Crippen LogP contribution in [-0.2, 0) is 14.4 Å². The highest BCUT2D eigenvalue weighted by Gasteiger charge is 2.42. The molecule has 1 aromatic heterocycles. The fraction of sp³-hybridized carbons (Fsp3) is 0.250. The van der Waals surface area contributed by atoms with Crippen LogP contribution in [0.1, 0.15) is 49.0 Å². The van der Waals surface area contributed by atoms with Crippen molar-refractivity contribution in [2.45, 2.75) is 37.6 Å². The number of carboxylic acids is 1. The van der Waals surface area contributed by atoms with Gasteiger partial charge in [-0.1, -0.05) is 24.3 Å². The van der Waals surface area contributed by atoms with Crippen LogP contribution in [0.3, 0.4) is 0 Å². The molecule has 0 unspecified atom stereocenters. The highest BCUT2D eigenvalue weighted by Crippen LogP contribution is 2.47. The number of allylic oxidation sites excluding steroid dienone is 1. The number of amides is 1. The molecule has 1 aliphatic carbocycles. The molecule has 2 aliphatic rings. The average Bonchev–Trinajstić information content (AvgIpc) is 3.37. The van der Waals surface area contributed by atoms with Gasteiger partial charge in [0.05, 0.1) is 37.2 Å². The van der Waals surface area contributed by atoms with Crippen LogP contribution in [0.5, 0.6) is 5.75 Å². The number of Topliss-reactive ketones (excluding diaryl/α,β-unsaturated/α-hetero) is 1. The van der Waals surface area contributed by atoms with Crippen LogP contribution in [-0.4, -0.2) is 29.9 Å². The van der Waals surface area contributed by atoms with Gasteiger partial charge in [0.25, 0.3) is 0 Å². The van der Waals surface area contributed by atoms with Gasteiger partial charge in [0.15, 0.2) is 5.78 Å². The molecule has 1 aliphatic heterocycles. The SMILES string of the molecule is COc1ccc([C@@H]2C3=C(C[C@H](c4ccco4)CC3=O)Nc3ccccc3N2C(=O)CCC(=O)O)cc1. The molecule has 0 saturated carbocycles. The number of rotatable bonds is 6. The molecule has 0 radical (unpaired) electrons. The summed E-state index contributed by atoms with van der Waals surface area (Å²) in [5.74, 6) is -0.254. The molecule has 2 atom stereocenters. The number of aliphatic carboxylic acids is 1. The van der Waals surface area contributed by atoms with Crippen LogP contribution in [0.4, 0.5) is 11.4 Å². The number of nitrogens with zero attached hydrogens (tertiary/aromatic N) is 1. The van der Waals surface area contributed by atoms with E-state index in [1.807, 2.05) is 48.5 Å². The summed E-state index contributed by atoms with van der Waals surface area (Å²) in [5.41, 5.74) is 3.23. The number of benzene rings is 2. The third kappa shape index (κ3) is 4.37. The van der Waals surface area contributed by atoms with Gasteiger partial charge in [-0.3, -0.25) is 19.3 Å². The first-order chi connectivity index (χ1) is 17.5. The Morgan fingerprint density at radius 2 is 1.83 bits per heavy atom. The number of nitrogens with one attached hydrogen (secondary N) is 1. The number of carbonyl (C=O) groups excluding carboxylic acids is 2. The average molecular weight is 487 g/mol. The van der Waals surface area contributed by atoms with Crippen molar-refractivity contribution in [1.82, 2.24) is 0 Å². The zero-order valence-electron chi connectivity index (χ0n) is 19.8. The Morgan fingerprint density at radius 3 is 2.53 bits per heavy atom. The number of furan rings is 1. The second kappa shape index (κ2) is 9.73. The first kappa shape index (κ1) is 23.4. The Morgan fingerprint density at radius 1 is 1.06 bits per heavy atom. The van der Waals surface area contributed by atoms with E-state index in [-0.39, 0.29) is 36.9 Å². The van der Waals surface area contributed by atoms with E-state index in [2.05, 4.69) is 5.32 Å². The number of hydrogen-bond acceptors (Lipinski definition) is 6. The summed E-state index contributed by atoms with van der Waals surface area (Å²) < 4.78 is 10.9. The molecular weight excluding hydrogens is 460 g/mol. The van der Waals surface area contributed by atoms with Gasteiger partial charge in [-0.05, 0) is 48.4 Å². The second-order valence-electron chi connectivity index (χ2n) is 8.91. The molecule has 8 heteroatoms. The van der Waals surface area contributed by atoms with Crippen LogP contribution in [0, 0.1) is 0 Å². The fourth-order valence-corrected chi connectivity index (χ4v) is 5.03. The van der Waals surface area contributed by atoms with E-state index in [0.717, 1.165) is 17.0 Å². The summed E-state index contributed by atoms with van der Waals surface area (Å²) in [4.78, 5) is 40.3. The Hall–Kier alpha value is -4.33. The lowest BCUT2D eigenvalue weighted by molar-refractivity contribution is -0.138. The van der Waals surface area contributed by atoms with Crippen LogP contribution < -0.4 is 15.0 Å². The van der Waals surface area contributed by atoms with Crippen molar-refractivity contribution in [1.29, 1.82) is 0 Å². The van der Waals surface area contributed by atoms with Gasteiger partial charge < -0.3 is 19.6 Å². The topological polar surface area (TPSA) is 109 Å². The van der Waals surface area contributed by atoms with Gasteiger partial charge in [-0.15, -0.1) is 0 Å². The first-order valence-corrected chi connectivity index (χ1v) is 11.8. The lowest BCUT2D eigenvalue weighted by atomic mass is 9.80. The maximum Gasteiger partial charge on any atom is 0.303 e. The molecule has 2 heterocycles. The molecule has 0 bridgehead atoms. The third-order valence-corrected chi connectivity index (χ3v) is 6.69. The molecule has 2 N–H and O–H groups in total. The van der Waals surface area contributed by atoms with Crippen molar-refractivity contribution in [3.05, 3.63) is 89.5 Å². The van der Waals surface area contributed by atoms with E-state index in [1.165, 1.54) is 0 Å². The minimum Gasteiger partial charge on any atom is -0.497 e. The highest BCUT2D eigenvalue weighted by atomic mass is 16.5. The monoisotopic (exact) mass is 486 g/mol. The predicted octanol–water partition coefficient (Wildman–Crippen LogP) is 5.05. The molecule has 3 aromatic rings. The van der Waals surface area contributed by atoms with E-state index in [1.54, 1.807) is 30.4 Å².